The number of ether oxygens (including phenoxy) is 1. The van der Waals surface area contributed by atoms with Crippen LogP contribution in [-0.4, -0.2) is 24.1 Å². The maximum atomic E-state index is 13.1. The summed E-state index contributed by atoms with van der Waals surface area (Å²) in [7, 11) is 0. The number of carbonyl (C=O) groups is 1. The molecule has 6 heteroatoms. The van der Waals surface area contributed by atoms with Crippen LogP contribution in [0, 0.1) is 11.7 Å². The van der Waals surface area contributed by atoms with Crippen molar-refractivity contribution in [3.8, 4) is 5.75 Å². The molecule has 0 radical (unpaired) electrons. The molecule has 1 fully saturated rings. The molecule has 1 amide bonds. The van der Waals surface area contributed by atoms with Crippen molar-refractivity contribution >= 4 is 18.3 Å². The van der Waals surface area contributed by atoms with Crippen molar-refractivity contribution in [1.82, 2.24) is 5.32 Å². The summed E-state index contributed by atoms with van der Waals surface area (Å²) >= 11 is 0. The molecule has 1 saturated carbocycles. The lowest BCUT2D eigenvalue weighted by Gasteiger charge is -2.30. The summed E-state index contributed by atoms with van der Waals surface area (Å²) in [4.78, 5) is 12.2. The van der Waals surface area contributed by atoms with Crippen LogP contribution in [-0.2, 0) is 4.79 Å². The summed E-state index contributed by atoms with van der Waals surface area (Å²) in [6.45, 7) is 4.00. The predicted molar refractivity (Wildman–Crippen MR) is 82.1 cm³/mol. The summed E-state index contributed by atoms with van der Waals surface area (Å²) in [6.07, 6.45) is 1.49. The van der Waals surface area contributed by atoms with Gasteiger partial charge in [0.15, 0.2) is 6.10 Å². The van der Waals surface area contributed by atoms with E-state index in [4.69, 9.17) is 10.5 Å². The molecule has 1 aliphatic carbocycles. The Labute approximate surface area is 130 Å². The van der Waals surface area contributed by atoms with Crippen LogP contribution in [0.15, 0.2) is 24.3 Å². The van der Waals surface area contributed by atoms with E-state index in [-0.39, 0.29) is 29.7 Å². The monoisotopic (exact) mass is 316 g/mol. The van der Waals surface area contributed by atoms with Crippen LogP contribution in [0.25, 0.3) is 0 Å². The molecule has 2 atom stereocenters. The highest BCUT2D eigenvalue weighted by molar-refractivity contribution is 5.85. The fraction of sp³-hybridized carbons (Fsp3) is 0.533. The minimum atomic E-state index is -0.693. The second kappa shape index (κ2) is 7.09. The smallest absolute Gasteiger partial charge is 0.261 e. The fourth-order valence-electron chi connectivity index (χ4n) is 2.22. The van der Waals surface area contributed by atoms with Gasteiger partial charge in [0, 0.05) is 12.6 Å². The molecule has 4 nitrogen and oxygen atoms in total. The molecule has 118 valence electrons. The number of benzene rings is 1. The lowest BCUT2D eigenvalue weighted by atomic mass is 9.95. The van der Waals surface area contributed by atoms with E-state index < -0.39 is 6.10 Å². The lowest BCUT2D eigenvalue weighted by Crippen LogP contribution is -2.56. The van der Waals surface area contributed by atoms with Gasteiger partial charge in [-0.05, 0) is 44.7 Å². The van der Waals surface area contributed by atoms with Crippen molar-refractivity contribution in [3.63, 3.8) is 0 Å². The zero-order valence-corrected chi connectivity index (χ0v) is 13.1. The third kappa shape index (κ3) is 4.58. The number of nitrogens with one attached hydrogen (secondary N) is 1. The molecule has 0 bridgehead atoms. The number of nitrogens with two attached hydrogens (primary N) is 1. The van der Waals surface area contributed by atoms with E-state index in [1.54, 1.807) is 19.1 Å². The maximum Gasteiger partial charge on any atom is 0.261 e. The summed E-state index contributed by atoms with van der Waals surface area (Å²) < 4.78 is 18.5. The highest BCUT2D eigenvalue weighted by Crippen LogP contribution is 2.39. The van der Waals surface area contributed by atoms with Crippen molar-refractivity contribution in [3.05, 3.63) is 30.1 Å². The standard InChI is InChI=1S/C15H21FN2O2.ClH/c1-10(20-13-5-3-4-12(16)8-13)14(19)18-15(2,9-17)11-6-7-11;/h3-5,8,10-11H,6-7,9,17H2,1-2H3,(H,18,19);1H. The summed E-state index contributed by atoms with van der Waals surface area (Å²) in [5.74, 6) is 0.167. The van der Waals surface area contributed by atoms with Gasteiger partial charge in [-0.15, -0.1) is 12.4 Å². The molecule has 1 aromatic carbocycles. The summed E-state index contributed by atoms with van der Waals surface area (Å²) in [6, 6.07) is 5.75. The van der Waals surface area contributed by atoms with Crippen LogP contribution in [0.5, 0.6) is 5.75 Å². The van der Waals surface area contributed by atoms with Crippen LogP contribution in [0.4, 0.5) is 4.39 Å². The first-order chi connectivity index (χ1) is 9.44. The van der Waals surface area contributed by atoms with Crippen LogP contribution in [0.2, 0.25) is 0 Å². The largest absolute Gasteiger partial charge is 0.481 e. The second-order valence-corrected chi connectivity index (χ2v) is 5.60. The average molecular weight is 317 g/mol. The van der Waals surface area contributed by atoms with Gasteiger partial charge < -0.3 is 15.8 Å². The Morgan fingerprint density at radius 2 is 2.24 bits per heavy atom. The van der Waals surface area contributed by atoms with Crippen molar-refractivity contribution in [2.24, 2.45) is 11.7 Å². The van der Waals surface area contributed by atoms with E-state index in [1.165, 1.54) is 12.1 Å². The van der Waals surface area contributed by atoms with Crippen LogP contribution < -0.4 is 15.8 Å². The van der Waals surface area contributed by atoms with Gasteiger partial charge in [0.25, 0.3) is 5.91 Å². The van der Waals surface area contributed by atoms with E-state index in [9.17, 15) is 9.18 Å². The molecule has 0 heterocycles. The quantitative estimate of drug-likeness (QED) is 0.846. The van der Waals surface area contributed by atoms with E-state index in [0.29, 0.717) is 18.2 Å². The summed E-state index contributed by atoms with van der Waals surface area (Å²) in [5, 5.41) is 2.96. The SMILES string of the molecule is CC(Oc1cccc(F)c1)C(=O)NC(C)(CN)C1CC1.Cl. The van der Waals surface area contributed by atoms with E-state index >= 15 is 0 Å². The van der Waals surface area contributed by atoms with Gasteiger partial charge in [-0.1, -0.05) is 6.07 Å². The Hall–Kier alpha value is -1.33. The third-order valence-corrected chi connectivity index (χ3v) is 3.79. The predicted octanol–water partition coefficient (Wildman–Crippen LogP) is 2.26. The zero-order valence-electron chi connectivity index (χ0n) is 12.3. The van der Waals surface area contributed by atoms with Gasteiger partial charge in [0.2, 0.25) is 0 Å². The first kappa shape index (κ1) is 17.7. The molecule has 1 aromatic rings. The van der Waals surface area contributed by atoms with Gasteiger partial charge in [-0.25, -0.2) is 4.39 Å². The Balaban J connectivity index is 0.00000220. The topological polar surface area (TPSA) is 64.3 Å². The van der Waals surface area contributed by atoms with Crippen molar-refractivity contribution in [2.75, 3.05) is 6.54 Å². The minimum Gasteiger partial charge on any atom is -0.481 e. The van der Waals surface area contributed by atoms with Crippen LogP contribution in [0.1, 0.15) is 26.7 Å². The number of hydrogen-bond donors (Lipinski definition) is 2. The minimum absolute atomic E-state index is 0. The van der Waals surface area contributed by atoms with Gasteiger partial charge in [-0.2, -0.15) is 0 Å². The third-order valence-electron chi connectivity index (χ3n) is 3.79. The van der Waals surface area contributed by atoms with E-state index in [1.807, 2.05) is 6.92 Å². The molecule has 2 unspecified atom stereocenters. The van der Waals surface area contributed by atoms with E-state index in [0.717, 1.165) is 12.8 Å². The Morgan fingerprint density at radius 3 is 2.76 bits per heavy atom. The first-order valence-corrected chi connectivity index (χ1v) is 6.89. The number of rotatable bonds is 6. The molecule has 3 N–H and O–H groups in total. The molecule has 0 saturated heterocycles. The molecule has 2 rings (SSSR count). The number of amides is 1. The number of halogens is 2. The zero-order chi connectivity index (χ0) is 14.8. The highest BCUT2D eigenvalue weighted by atomic mass is 35.5. The Morgan fingerprint density at radius 1 is 1.57 bits per heavy atom. The number of hydrogen-bond acceptors (Lipinski definition) is 3. The van der Waals surface area contributed by atoms with Gasteiger partial charge in [0.05, 0.1) is 5.54 Å². The molecule has 21 heavy (non-hydrogen) atoms. The van der Waals surface area contributed by atoms with Crippen LogP contribution >= 0.6 is 12.4 Å². The summed E-state index contributed by atoms with van der Waals surface area (Å²) in [5.41, 5.74) is 5.39. The van der Waals surface area contributed by atoms with Crippen molar-refractivity contribution in [1.29, 1.82) is 0 Å². The van der Waals surface area contributed by atoms with E-state index in [2.05, 4.69) is 5.32 Å². The fourth-order valence-corrected chi connectivity index (χ4v) is 2.22. The van der Waals surface area contributed by atoms with Gasteiger partial charge >= 0.3 is 0 Å². The second-order valence-electron chi connectivity index (χ2n) is 5.60. The Bertz CT molecular complexity index is 496. The average Bonchev–Trinajstić information content (AvgIpc) is 3.23. The molecular formula is C15H22ClFN2O2. The lowest BCUT2D eigenvalue weighted by molar-refractivity contribution is -0.129. The van der Waals surface area contributed by atoms with Crippen molar-refractivity contribution < 1.29 is 13.9 Å². The Kier molecular flexibility index (Phi) is 5.98. The normalized spacial score (nSPS) is 18.1. The van der Waals surface area contributed by atoms with Crippen LogP contribution in [0.3, 0.4) is 0 Å². The molecule has 0 spiro atoms. The maximum absolute atomic E-state index is 13.1. The molecular weight excluding hydrogens is 295 g/mol. The van der Waals surface area contributed by atoms with Gasteiger partial charge in [0.1, 0.15) is 11.6 Å². The molecule has 1 aliphatic rings. The highest BCUT2D eigenvalue weighted by Gasteiger charge is 2.42. The van der Waals surface area contributed by atoms with Gasteiger partial charge in [-0.3, -0.25) is 4.79 Å². The number of carbonyl (C=O) groups excluding carboxylic acids is 1. The van der Waals surface area contributed by atoms with Crippen molar-refractivity contribution in [2.45, 2.75) is 38.3 Å². The molecule has 0 aromatic heterocycles. The first-order valence-electron chi connectivity index (χ1n) is 6.89. The molecule has 0 aliphatic heterocycles.